The molecule has 0 unspecified atom stereocenters. The van der Waals surface area contributed by atoms with Crippen LogP contribution < -0.4 is 0 Å². The lowest BCUT2D eigenvalue weighted by Crippen LogP contribution is -2.15. The van der Waals surface area contributed by atoms with Crippen molar-refractivity contribution < 1.29 is 0 Å². The molecule has 0 bridgehead atoms. The Bertz CT molecular complexity index is 6500. The third kappa shape index (κ3) is 7.59. The van der Waals surface area contributed by atoms with Crippen LogP contribution >= 0.6 is 0 Å². The molecule has 0 aliphatic heterocycles. The number of nitrogens with zero attached hydrogens (tertiary/aromatic N) is 5. The smallest absolute Gasteiger partial charge is 0.160 e. The zero-order valence-corrected chi connectivity index (χ0v) is 54.0. The molecule has 0 fully saturated rings. The predicted molar refractivity (Wildman–Crippen MR) is 404 cm³/mol. The minimum Gasteiger partial charge on any atom is -0.309 e. The number of benzene rings is 14. The summed E-state index contributed by atoms with van der Waals surface area (Å²) in [5.74, 6) is 0.719. The summed E-state index contributed by atoms with van der Waals surface area (Å²) in [5, 5.41) is 9.74. The monoisotopic (exact) mass is 1240 g/mol. The molecule has 14 aromatic carbocycles. The Kier molecular flexibility index (Phi) is 11.0. The Morgan fingerprint density at radius 1 is 0.247 bits per heavy atom. The van der Waals surface area contributed by atoms with Crippen molar-refractivity contribution in [3.05, 3.63) is 320 Å². The molecule has 0 saturated carbocycles. The van der Waals surface area contributed by atoms with Crippen molar-refractivity contribution in [1.82, 2.24) is 23.7 Å². The Morgan fingerprint density at radius 3 is 1.16 bits per heavy atom. The summed E-state index contributed by atoms with van der Waals surface area (Å²) in [4.78, 5) is 10.8. The first-order valence-corrected chi connectivity index (χ1v) is 33.9. The van der Waals surface area contributed by atoms with Crippen LogP contribution in [0.5, 0.6) is 0 Å². The third-order valence-corrected chi connectivity index (χ3v) is 22.2. The highest BCUT2D eigenvalue weighted by atomic mass is 15.0. The van der Waals surface area contributed by atoms with Crippen molar-refractivity contribution >= 4 is 76.2 Å². The third-order valence-electron chi connectivity index (χ3n) is 22.2. The summed E-state index contributed by atoms with van der Waals surface area (Å²) >= 11 is 0. The van der Waals surface area contributed by atoms with Crippen molar-refractivity contribution in [3.8, 4) is 107 Å². The van der Waals surface area contributed by atoms with Gasteiger partial charge in [0.25, 0.3) is 0 Å². The predicted octanol–water partition coefficient (Wildman–Crippen LogP) is 23.8. The highest BCUT2D eigenvalue weighted by Crippen LogP contribution is 2.54. The standard InChI is InChI=1S/C92H61N5/c1-91(2)76-31-12-8-25-64(76)66-41-39-62(52-78(66)91)96-81-34-15-11-28-69(81)73-49-57(36-44-83(73)96)59-38-46-85-75(51-59)74-50-58(37-45-84(74)97(85)63-40-42-67-65-26-9-13-32-77(65)92(3,4)79(67)53-63)56-35-43-82-72(48-56)68-27-10-14-33-80(68)95(82)61-24-16-23-60(47-61)88-87-70-29-17-21-54-22-18-30-71(86(54)70)89(87)94-90(93-88)55-19-6-5-7-20-55/h5-53H,1-4H3. The fourth-order valence-corrected chi connectivity index (χ4v) is 17.6. The molecule has 5 heteroatoms. The van der Waals surface area contributed by atoms with Gasteiger partial charge in [-0.15, -0.1) is 0 Å². The Labute approximate surface area is 561 Å². The molecule has 4 aromatic heterocycles. The SMILES string of the molecule is CC1(C)c2ccccc2-c2ccc(-n3c4ccccc4c4cc(-c5ccc6c(c5)c5cc(-c7ccc8c(c7)c7ccccc7n8-c7cccc(-c8nc(-c9ccccc9)nc9c8-c8cccc%10cccc-9c8%10)c7)ccc5n6-c5ccc6c(c5)C(C)(C)c5ccccc5-6)ccc43)cc21. The van der Waals surface area contributed by atoms with Gasteiger partial charge < -0.3 is 13.7 Å². The molecule has 3 aliphatic rings. The van der Waals surface area contributed by atoms with Crippen molar-refractivity contribution in [3.63, 3.8) is 0 Å². The minimum absolute atomic E-state index is 0.106. The second kappa shape index (κ2) is 19.7. The Balaban J connectivity index is 0.713. The van der Waals surface area contributed by atoms with Gasteiger partial charge in [0.2, 0.25) is 0 Å². The summed E-state index contributed by atoms with van der Waals surface area (Å²) in [6.07, 6.45) is 0. The molecular formula is C92H61N5. The lowest BCUT2D eigenvalue weighted by Gasteiger charge is -2.22. The number of rotatable bonds is 7. The number of para-hydroxylation sites is 2. The van der Waals surface area contributed by atoms with Crippen LogP contribution in [0.3, 0.4) is 0 Å². The van der Waals surface area contributed by atoms with Crippen molar-refractivity contribution in [2.75, 3.05) is 0 Å². The molecule has 97 heavy (non-hydrogen) atoms. The second-order valence-electron chi connectivity index (χ2n) is 28.0. The van der Waals surface area contributed by atoms with Gasteiger partial charge in [0.05, 0.1) is 44.5 Å². The highest BCUT2D eigenvalue weighted by Gasteiger charge is 2.38. The largest absolute Gasteiger partial charge is 0.309 e. The van der Waals surface area contributed by atoms with E-state index in [0.717, 1.165) is 67.4 Å². The van der Waals surface area contributed by atoms with Gasteiger partial charge in [-0.2, -0.15) is 0 Å². The Morgan fingerprint density at radius 2 is 0.639 bits per heavy atom. The topological polar surface area (TPSA) is 40.6 Å². The first-order valence-electron chi connectivity index (χ1n) is 33.9. The zero-order chi connectivity index (χ0) is 64.2. The average Bonchev–Trinajstić information content (AvgIpc) is 1.55. The fourth-order valence-electron chi connectivity index (χ4n) is 17.6. The molecule has 3 aliphatic carbocycles. The van der Waals surface area contributed by atoms with E-state index in [2.05, 4.69) is 333 Å². The molecule has 5 nitrogen and oxygen atoms in total. The first-order chi connectivity index (χ1) is 47.6. The van der Waals surface area contributed by atoms with Crippen LogP contribution in [0.1, 0.15) is 49.9 Å². The summed E-state index contributed by atoms with van der Waals surface area (Å²) in [6, 6.07) is 111. The van der Waals surface area contributed by atoms with Crippen LogP contribution in [0.25, 0.3) is 183 Å². The number of hydrogen-bond acceptors (Lipinski definition) is 2. The molecule has 454 valence electrons. The van der Waals surface area contributed by atoms with Crippen LogP contribution in [0, 0.1) is 0 Å². The molecule has 21 rings (SSSR count). The highest BCUT2D eigenvalue weighted by molar-refractivity contribution is 6.18. The van der Waals surface area contributed by atoms with Gasteiger partial charge in [0.15, 0.2) is 5.82 Å². The van der Waals surface area contributed by atoms with E-state index in [9.17, 15) is 0 Å². The van der Waals surface area contributed by atoms with Gasteiger partial charge in [-0.05, 0) is 180 Å². The summed E-state index contributed by atoms with van der Waals surface area (Å²) in [7, 11) is 0. The number of aromatic nitrogens is 5. The van der Waals surface area contributed by atoms with E-state index in [1.165, 1.54) is 138 Å². The zero-order valence-electron chi connectivity index (χ0n) is 54.0. The molecule has 0 amide bonds. The Hall–Kier alpha value is -12.2. The average molecular weight is 1240 g/mol. The molecule has 4 heterocycles. The van der Waals surface area contributed by atoms with E-state index < -0.39 is 0 Å². The number of hydrogen-bond donors (Lipinski definition) is 0. The minimum atomic E-state index is -0.150. The molecule has 0 radical (unpaired) electrons. The quantitative estimate of drug-likeness (QED) is 0.160. The van der Waals surface area contributed by atoms with E-state index in [1.54, 1.807) is 0 Å². The molecule has 0 N–H and O–H groups in total. The molecule has 0 saturated heterocycles. The lowest BCUT2D eigenvalue weighted by molar-refractivity contribution is 0.660. The second-order valence-corrected chi connectivity index (χ2v) is 28.0. The van der Waals surface area contributed by atoms with E-state index in [-0.39, 0.29) is 10.8 Å². The maximum Gasteiger partial charge on any atom is 0.160 e. The van der Waals surface area contributed by atoms with Gasteiger partial charge in [0, 0.05) is 82.5 Å². The van der Waals surface area contributed by atoms with E-state index in [0.29, 0.717) is 0 Å². The van der Waals surface area contributed by atoms with Gasteiger partial charge in [-0.25, -0.2) is 9.97 Å². The van der Waals surface area contributed by atoms with Gasteiger partial charge in [-0.1, -0.05) is 228 Å². The van der Waals surface area contributed by atoms with Crippen LogP contribution in [0.4, 0.5) is 0 Å². The van der Waals surface area contributed by atoms with Crippen LogP contribution in [-0.2, 0) is 10.8 Å². The summed E-state index contributed by atoms with van der Waals surface area (Å²) in [5.41, 5.74) is 33.1. The summed E-state index contributed by atoms with van der Waals surface area (Å²) in [6.45, 7) is 9.49. The molecule has 18 aromatic rings. The molecule has 0 spiro atoms. The molecular weight excluding hydrogens is 1180 g/mol. The van der Waals surface area contributed by atoms with E-state index in [1.807, 2.05) is 6.07 Å². The lowest BCUT2D eigenvalue weighted by atomic mass is 9.82. The van der Waals surface area contributed by atoms with Crippen molar-refractivity contribution in [1.29, 1.82) is 0 Å². The van der Waals surface area contributed by atoms with E-state index >= 15 is 0 Å². The fraction of sp³-hybridized carbons (Fsp3) is 0.0652. The summed E-state index contributed by atoms with van der Waals surface area (Å²) < 4.78 is 7.42. The van der Waals surface area contributed by atoms with Crippen molar-refractivity contribution in [2.45, 2.75) is 38.5 Å². The van der Waals surface area contributed by atoms with E-state index in [4.69, 9.17) is 9.97 Å². The maximum atomic E-state index is 5.48. The number of fused-ring (bicyclic) bond motifs is 18. The maximum absolute atomic E-state index is 5.48. The van der Waals surface area contributed by atoms with Crippen LogP contribution in [0.15, 0.2) is 297 Å². The van der Waals surface area contributed by atoms with Crippen LogP contribution in [-0.4, -0.2) is 23.7 Å². The van der Waals surface area contributed by atoms with Gasteiger partial charge in [0.1, 0.15) is 0 Å². The molecule has 0 atom stereocenters. The first kappa shape index (κ1) is 54.2. The van der Waals surface area contributed by atoms with Gasteiger partial charge >= 0.3 is 0 Å². The van der Waals surface area contributed by atoms with Crippen LogP contribution in [0.2, 0.25) is 0 Å². The normalized spacial score (nSPS) is 13.7. The van der Waals surface area contributed by atoms with Crippen molar-refractivity contribution in [2.24, 2.45) is 0 Å². The van der Waals surface area contributed by atoms with Gasteiger partial charge in [-0.3, -0.25) is 0 Å².